The van der Waals surface area contributed by atoms with Crippen LogP contribution >= 0.6 is 11.3 Å². The van der Waals surface area contributed by atoms with Gasteiger partial charge < -0.3 is 9.47 Å². The second-order valence-electron chi connectivity index (χ2n) is 3.95. The standard InChI is InChI=1S/C13H10F3NO3S/c1-19-12(18)6-11-17-10(7-21-11)8-2-4-9(5-3-8)20-13(14,15)16/h2-5,7H,6H2,1H3. The van der Waals surface area contributed by atoms with Gasteiger partial charge in [0.25, 0.3) is 0 Å². The van der Waals surface area contributed by atoms with Crippen molar-refractivity contribution in [2.45, 2.75) is 12.8 Å². The van der Waals surface area contributed by atoms with Crippen LogP contribution in [0.2, 0.25) is 0 Å². The number of halogens is 3. The summed E-state index contributed by atoms with van der Waals surface area (Å²) >= 11 is 1.28. The van der Waals surface area contributed by atoms with Crippen molar-refractivity contribution >= 4 is 17.3 Å². The molecule has 0 aliphatic heterocycles. The van der Waals surface area contributed by atoms with Crippen LogP contribution in [0.15, 0.2) is 29.6 Å². The van der Waals surface area contributed by atoms with E-state index in [1.807, 2.05) is 0 Å². The molecule has 0 saturated carbocycles. The first-order valence-electron chi connectivity index (χ1n) is 5.75. The number of carbonyl (C=O) groups is 1. The SMILES string of the molecule is COC(=O)Cc1nc(-c2ccc(OC(F)(F)F)cc2)cs1. The number of rotatable bonds is 4. The molecule has 0 bridgehead atoms. The lowest BCUT2D eigenvalue weighted by atomic mass is 10.2. The molecule has 0 amide bonds. The van der Waals surface area contributed by atoms with Gasteiger partial charge in [-0.05, 0) is 24.3 Å². The lowest BCUT2D eigenvalue weighted by Crippen LogP contribution is -2.16. The van der Waals surface area contributed by atoms with E-state index in [4.69, 9.17) is 0 Å². The number of ether oxygens (including phenoxy) is 2. The van der Waals surface area contributed by atoms with Crippen LogP contribution in [0.4, 0.5) is 13.2 Å². The number of carbonyl (C=O) groups excluding carboxylic acids is 1. The molecule has 0 spiro atoms. The predicted molar refractivity (Wildman–Crippen MR) is 70.0 cm³/mol. The second kappa shape index (κ2) is 6.13. The minimum Gasteiger partial charge on any atom is -0.469 e. The van der Waals surface area contributed by atoms with E-state index in [0.717, 1.165) is 0 Å². The third kappa shape index (κ3) is 4.45. The molecule has 0 aliphatic rings. The topological polar surface area (TPSA) is 48.4 Å². The van der Waals surface area contributed by atoms with Crippen molar-refractivity contribution in [1.29, 1.82) is 0 Å². The normalized spacial score (nSPS) is 11.2. The molecule has 8 heteroatoms. The van der Waals surface area contributed by atoms with Gasteiger partial charge in [-0.3, -0.25) is 4.79 Å². The maximum absolute atomic E-state index is 12.0. The average molecular weight is 317 g/mol. The van der Waals surface area contributed by atoms with E-state index in [-0.39, 0.29) is 12.2 Å². The molecule has 1 aromatic heterocycles. The quantitative estimate of drug-likeness (QED) is 0.811. The first-order valence-corrected chi connectivity index (χ1v) is 6.63. The number of alkyl halides is 3. The molecule has 0 atom stereocenters. The highest BCUT2D eigenvalue weighted by molar-refractivity contribution is 7.10. The molecular weight excluding hydrogens is 307 g/mol. The lowest BCUT2D eigenvalue weighted by Gasteiger charge is -2.08. The maximum Gasteiger partial charge on any atom is 0.573 e. The summed E-state index contributed by atoms with van der Waals surface area (Å²) in [6.45, 7) is 0. The van der Waals surface area contributed by atoms with Gasteiger partial charge in [0, 0.05) is 10.9 Å². The Morgan fingerprint density at radius 2 is 1.95 bits per heavy atom. The van der Waals surface area contributed by atoms with Crippen molar-refractivity contribution in [3.05, 3.63) is 34.7 Å². The Morgan fingerprint density at radius 3 is 2.52 bits per heavy atom. The maximum atomic E-state index is 12.0. The highest BCUT2D eigenvalue weighted by atomic mass is 32.1. The summed E-state index contributed by atoms with van der Waals surface area (Å²) in [5, 5.41) is 2.30. The number of esters is 1. The smallest absolute Gasteiger partial charge is 0.469 e. The van der Waals surface area contributed by atoms with Crippen LogP contribution in [0.25, 0.3) is 11.3 Å². The summed E-state index contributed by atoms with van der Waals surface area (Å²) in [5.41, 5.74) is 1.22. The zero-order valence-electron chi connectivity index (χ0n) is 10.8. The molecule has 0 N–H and O–H groups in total. The van der Waals surface area contributed by atoms with Crippen molar-refractivity contribution in [2.24, 2.45) is 0 Å². The number of methoxy groups -OCH3 is 1. The first-order chi connectivity index (χ1) is 9.87. The fourth-order valence-electron chi connectivity index (χ4n) is 1.55. The zero-order chi connectivity index (χ0) is 15.5. The second-order valence-corrected chi connectivity index (χ2v) is 4.89. The molecule has 0 unspecified atom stereocenters. The van der Waals surface area contributed by atoms with E-state index in [1.165, 1.54) is 42.7 Å². The molecule has 1 aromatic carbocycles. The van der Waals surface area contributed by atoms with E-state index >= 15 is 0 Å². The number of aromatic nitrogens is 1. The molecule has 0 fully saturated rings. The molecular formula is C13H10F3NO3S. The highest BCUT2D eigenvalue weighted by Gasteiger charge is 2.30. The van der Waals surface area contributed by atoms with Gasteiger partial charge in [0.05, 0.1) is 19.2 Å². The van der Waals surface area contributed by atoms with Gasteiger partial charge in [0.2, 0.25) is 0 Å². The van der Waals surface area contributed by atoms with Crippen LogP contribution in [-0.2, 0) is 16.0 Å². The van der Waals surface area contributed by atoms with Gasteiger partial charge in [0.1, 0.15) is 10.8 Å². The van der Waals surface area contributed by atoms with Crippen LogP contribution in [0.3, 0.4) is 0 Å². The average Bonchev–Trinajstić information content (AvgIpc) is 2.86. The van der Waals surface area contributed by atoms with Crippen LogP contribution in [0.5, 0.6) is 5.75 Å². The molecule has 0 radical (unpaired) electrons. The summed E-state index contributed by atoms with van der Waals surface area (Å²) < 4.78 is 44.5. The third-order valence-electron chi connectivity index (χ3n) is 2.46. The van der Waals surface area contributed by atoms with E-state index in [9.17, 15) is 18.0 Å². The van der Waals surface area contributed by atoms with Crippen molar-refractivity contribution < 1.29 is 27.4 Å². The summed E-state index contributed by atoms with van der Waals surface area (Å²) in [4.78, 5) is 15.4. The van der Waals surface area contributed by atoms with E-state index in [1.54, 1.807) is 5.38 Å². The number of benzene rings is 1. The fraction of sp³-hybridized carbons (Fsp3) is 0.231. The molecule has 21 heavy (non-hydrogen) atoms. The summed E-state index contributed by atoms with van der Waals surface area (Å²) in [6, 6.07) is 5.36. The number of thiazole rings is 1. The highest BCUT2D eigenvalue weighted by Crippen LogP contribution is 2.27. The Bertz CT molecular complexity index is 622. The van der Waals surface area contributed by atoms with Gasteiger partial charge in [0.15, 0.2) is 0 Å². The number of hydrogen-bond donors (Lipinski definition) is 0. The van der Waals surface area contributed by atoms with Crippen LogP contribution in [-0.4, -0.2) is 24.4 Å². The van der Waals surface area contributed by atoms with Crippen molar-refractivity contribution in [1.82, 2.24) is 4.98 Å². The van der Waals surface area contributed by atoms with Gasteiger partial charge in [-0.1, -0.05) is 0 Å². The Balaban J connectivity index is 2.10. The minimum atomic E-state index is -4.71. The van der Waals surface area contributed by atoms with Crippen LogP contribution in [0, 0.1) is 0 Å². The minimum absolute atomic E-state index is 0.0659. The van der Waals surface area contributed by atoms with Gasteiger partial charge in [-0.25, -0.2) is 4.98 Å². The summed E-state index contributed by atoms with van der Waals surface area (Å²) in [6.07, 6.45) is -4.65. The number of nitrogens with zero attached hydrogens (tertiary/aromatic N) is 1. The Morgan fingerprint density at radius 1 is 1.29 bits per heavy atom. The largest absolute Gasteiger partial charge is 0.573 e. The van der Waals surface area contributed by atoms with Gasteiger partial charge >= 0.3 is 12.3 Å². The van der Waals surface area contributed by atoms with Crippen LogP contribution in [0.1, 0.15) is 5.01 Å². The zero-order valence-corrected chi connectivity index (χ0v) is 11.6. The van der Waals surface area contributed by atoms with Crippen LogP contribution < -0.4 is 4.74 Å². The fourth-order valence-corrected chi connectivity index (χ4v) is 2.34. The molecule has 112 valence electrons. The summed E-state index contributed by atoms with van der Waals surface area (Å²) in [7, 11) is 1.29. The first kappa shape index (κ1) is 15.3. The Hall–Kier alpha value is -2.09. The van der Waals surface area contributed by atoms with Crippen molar-refractivity contribution in [3.8, 4) is 17.0 Å². The predicted octanol–water partition coefficient (Wildman–Crippen LogP) is 3.42. The molecule has 1 heterocycles. The van der Waals surface area contributed by atoms with Crippen molar-refractivity contribution in [2.75, 3.05) is 7.11 Å². The van der Waals surface area contributed by atoms with Gasteiger partial charge in [-0.2, -0.15) is 0 Å². The molecule has 2 rings (SSSR count). The van der Waals surface area contributed by atoms with E-state index in [0.29, 0.717) is 16.3 Å². The van der Waals surface area contributed by atoms with Gasteiger partial charge in [-0.15, -0.1) is 24.5 Å². The Labute approximate surface area is 122 Å². The molecule has 2 aromatic rings. The molecule has 0 aliphatic carbocycles. The van der Waals surface area contributed by atoms with E-state index in [2.05, 4.69) is 14.5 Å². The van der Waals surface area contributed by atoms with Crippen molar-refractivity contribution in [3.63, 3.8) is 0 Å². The summed E-state index contributed by atoms with van der Waals surface area (Å²) in [5.74, 6) is -0.693. The molecule has 0 saturated heterocycles. The van der Waals surface area contributed by atoms with E-state index < -0.39 is 12.3 Å². The Kier molecular flexibility index (Phi) is 4.46. The third-order valence-corrected chi connectivity index (χ3v) is 3.31. The lowest BCUT2D eigenvalue weighted by molar-refractivity contribution is -0.274. The molecule has 4 nitrogen and oxygen atoms in total. The number of hydrogen-bond acceptors (Lipinski definition) is 5. The monoisotopic (exact) mass is 317 g/mol.